The quantitative estimate of drug-likeness (QED) is 0.599. The van der Waals surface area contributed by atoms with E-state index in [4.69, 9.17) is 5.11 Å². The third-order valence-electron chi connectivity index (χ3n) is 3.19. The lowest BCUT2D eigenvalue weighted by molar-refractivity contribution is 0.145. The SMILES string of the molecule is OCC1C2C=CC(C2)C1CF. The van der Waals surface area contributed by atoms with Crippen LogP contribution in [0.3, 0.4) is 0 Å². The number of alkyl halides is 1. The van der Waals surface area contributed by atoms with E-state index in [9.17, 15) is 4.39 Å². The van der Waals surface area contributed by atoms with Crippen LogP contribution in [-0.4, -0.2) is 18.4 Å². The van der Waals surface area contributed by atoms with Crippen LogP contribution in [0.1, 0.15) is 6.42 Å². The average molecular weight is 156 g/mol. The molecule has 4 unspecified atom stereocenters. The van der Waals surface area contributed by atoms with Gasteiger partial charge >= 0.3 is 0 Å². The van der Waals surface area contributed by atoms with Crippen molar-refractivity contribution in [1.82, 2.24) is 0 Å². The van der Waals surface area contributed by atoms with Crippen LogP contribution in [-0.2, 0) is 0 Å². The standard InChI is InChI=1S/C9H13FO/c10-4-8-6-1-2-7(3-6)9(8)5-11/h1-2,6-9,11H,3-5H2. The number of hydrogen-bond acceptors (Lipinski definition) is 1. The normalized spacial score (nSPS) is 47.1. The third-order valence-corrected chi connectivity index (χ3v) is 3.19. The van der Waals surface area contributed by atoms with Gasteiger partial charge in [0.05, 0.1) is 6.67 Å². The first-order valence-corrected chi connectivity index (χ1v) is 4.22. The van der Waals surface area contributed by atoms with Crippen molar-refractivity contribution in [3.8, 4) is 0 Å². The van der Waals surface area contributed by atoms with Gasteiger partial charge in [0.15, 0.2) is 0 Å². The monoisotopic (exact) mass is 156 g/mol. The molecule has 0 aromatic rings. The van der Waals surface area contributed by atoms with Gasteiger partial charge in [-0.2, -0.15) is 0 Å². The summed E-state index contributed by atoms with van der Waals surface area (Å²) in [5.41, 5.74) is 0. The summed E-state index contributed by atoms with van der Waals surface area (Å²) in [7, 11) is 0. The van der Waals surface area contributed by atoms with E-state index >= 15 is 0 Å². The molecule has 2 bridgehead atoms. The summed E-state index contributed by atoms with van der Waals surface area (Å²) in [6, 6.07) is 0. The van der Waals surface area contributed by atoms with Crippen molar-refractivity contribution in [3.63, 3.8) is 0 Å². The largest absolute Gasteiger partial charge is 0.396 e. The topological polar surface area (TPSA) is 20.2 Å². The Labute approximate surface area is 65.9 Å². The molecule has 0 saturated heterocycles. The molecule has 0 heterocycles. The Balaban J connectivity index is 2.15. The Kier molecular flexibility index (Phi) is 1.72. The summed E-state index contributed by atoms with van der Waals surface area (Å²) in [6.45, 7) is -0.114. The van der Waals surface area contributed by atoms with Gasteiger partial charge in [0, 0.05) is 6.61 Å². The molecule has 0 aromatic carbocycles. The highest BCUT2D eigenvalue weighted by atomic mass is 19.1. The molecule has 0 spiro atoms. The summed E-state index contributed by atoms with van der Waals surface area (Å²) in [6.07, 6.45) is 5.32. The Morgan fingerprint density at radius 1 is 1.27 bits per heavy atom. The van der Waals surface area contributed by atoms with Gasteiger partial charge in [-0.3, -0.25) is 4.39 Å². The second-order valence-corrected chi connectivity index (χ2v) is 3.61. The molecule has 2 aliphatic rings. The number of hydrogen-bond donors (Lipinski definition) is 1. The van der Waals surface area contributed by atoms with Crippen molar-refractivity contribution in [2.45, 2.75) is 6.42 Å². The highest BCUT2D eigenvalue weighted by molar-refractivity contribution is 5.13. The fraction of sp³-hybridized carbons (Fsp3) is 0.778. The molecular formula is C9H13FO. The summed E-state index contributed by atoms with van der Waals surface area (Å²) in [4.78, 5) is 0. The van der Waals surface area contributed by atoms with Crippen LogP contribution >= 0.6 is 0 Å². The van der Waals surface area contributed by atoms with Crippen LogP contribution in [0.25, 0.3) is 0 Å². The van der Waals surface area contributed by atoms with E-state index < -0.39 is 0 Å². The highest BCUT2D eigenvalue weighted by Gasteiger charge is 2.43. The molecule has 0 aromatic heterocycles. The van der Waals surface area contributed by atoms with Gasteiger partial charge in [0.25, 0.3) is 0 Å². The molecular weight excluding hydrogens is 143 g/mol. The summed E-state index contributed by atoms with van der Waals surface area (Å²) >= 11 is 0. The number of fused-ring (bicyclic) bond motifs is 2. The molecule has 0 amide bonds. The summed E-state index contributed by atoms with van der Waals surface area (Å²) < 4.78 is 12.4. The Morgan fingerprint density at radius 3 is 2.36 bits per heavy atom. The Morgan fingerprint density at radius 2 is 1.91 bits per heavy atom. The van der Waals surface area contributed by atoms with Crippen LogP contribution in [0.2, 0.25) is 0 Å². The smallest absolute Gasteiger partial charge is 0.0931 e. The zero-order valence-corrected chi connectivity index (χ0v) is 6.41. The first-order valence-electron chi connectivity index (χ1n) is 4.22. The predicted molar refractivity (Wildman–Crippen MR) is 40.8 cm³/mol. The fourth-order valence-corrected chi connectivity index (χ4v) is 2.53. The predicted octanol–water partition coefficient (Wildman–Crippen LogP) is 1.39. The summed E-state index contributed by atoms with van der Waals surface area (Å²) in [5, 5.41) is 8.99. The Hall–Kier alpha value is -0.370. The van der Waals surface area contributed by atoms with Gasteiger partial charge in [-0.25, -0.2) is 0 Å². The van der Waals surface area contributed by atoms with Gasteiger partial charge < -0.3 is 5.11 Å². The second-order valence-electron chi connectivity index (χ2n) is 3.61. The minimum absolute atomic E-state index is 0.106. The maximum atomic E-state index is 12.4. The zero-order chi connectivity index (χ0) is 7.84. The van der Waals surface area contributed by atoms with Crippen molar-refractivity contribution in [2.75, 3.05) is 13.3 Å². The second kappa shape index (κ2) is 2.59. The minimum atomic E-state index is -0.267. The molecule has 1 saturated carbocycles. The van der Waals surface area contributed by atoms with Gasteiger partial charge in [0.1, 0.15) is 0 Å². The molecule has 1 nitrogen and oxygen atoms in total. The first kappa shape index (κ1) is 7.29. The molecule has 2 rings (SSSR count). The molecule has 0 radical (unpaired) electrons. The number of aliphatic hydroxyl groups excluding tert-OH is 1. The van der Waals surface area contributed by atoms with Crippen molar-refractivity contribution in [1.29, 1.82) is 0 Å². The van der Waals surface area contributed by atoms with Crippen LogP contribution in [0.5, 0.6) is 0 Å². The number of rotatable bonds is 2. The number of halogens is 1. The van der Waals surface area contributed by atoms with Gasteiger partial charge in [0.2, 0.25) is 0 Å². The highest BCUT2D eigenvalue weighted by Crippen LogP contribution is 2.47. The van der Waals surface area contributed by atoms with Crippen molar-refractivity contribution < 1.29 is 9.50 Å². The van der Waals surface area contributed by atoms with Gasteiger partial charge in [-0.05, 0) is 30.1 Å². The molecule has 62 valence electrons. The lowest BCUT2D eigenvalue weighted by atomic mass is 9.85. The van der Waals surface area contributed by atoms with Gasteiger partial charge in [-0.15, -0.1) is 0 Å². The number of allylic oxidation sites excluding steroid dienone is 2. The first-order chi connectivity index (χ1) is 5.36. The van der Waals surface area contributed by atoms with Crippen molar-refractivity contribution in [2.24, 2.45) is 23.7 Å². The number of aliphatic hydroxyl groups is 1. The van der Waals surface area contributed by atoms with Crippen molar-refractivity contribution in [3.05, 3.63) is 12.2 Å². The zero-order valence-electron chi connectivity index (χ0n) is 6.41. The molecule has 11 heavy (non-hydrogen) atoms. The molecule has 2 aliphatic carbocycles. The third kappa shape index (κ3) is 0.924. The molecule has 2 heteroatoms. The van der Waals surface area contributed by atoms with E-state index in [0.717, 1.165) is 6.42 Å². The van der Waals surface area contributed by atoms with Crippen LogP contribution in [0.15, 0.2) is 12.2 Å². The fourth-order valence-electron chi connectivity index (χ4n) is 2.53. The van der Waals surface area contributed by atoms with Crippen LogP contribution in [0, 0.1) is 23.7 Å². The average Bonchev–Trinajstić information content (AvgIpc) is 2.60. The molecule has 1 N–H and O–H groups in total. The van der Waals surface area contributed by atoms with E-state index in [0.29, 0.717) is 11.8 Å². The minimum Gasteiger partial charge on any atom is -0.396 e. The molecule has 0 aliphatic heterocycles. The van der Waals surface area contributed by atoms with Crippen LogP contribution in [0.4, 0.5) is 4.39 Å². The summed E-state index contributed by atoms with van der Waals surface area (Å²) in [5.74, 6) is 1.19. The lowest BCUT2D eigenvalue weighted by Gasteiger charge is -2.23. The van der Waals surface area contributed by atoms with E-state index in [-0.39, 0.29) is 25.1 Å². The van der Waals surface area contributed by atoms with E-state index in [1.165, 1.54) is 0 Å². The van der Waals surface area contributed by atoms with E-state index in [2.05, 4.69) is 12.2 Å². The Bertz CT molecular complexity index is 160. The van der Waals surface area contributed by atoms with E-state index in [1.807, 2.05) is 0 Å². The van der Waals surface area contributed by atoms with E-state index in [1.54, 1.807) is 0 Å². The molecule has 4 atom stereocenters. The van der Waals surface area contributed by atoms with Gasteiger partial charge in [-0.1, -0.05) is 12.2 Å². The maximum absolute atomic E-state index is 12.4. The van der Waals surface area contributed by atoms with Crippen LogP contribution < -0.4 is 0 Å². The lowest BCUT2D eigenvalue weighted by Crippen LogP contribution is -2.24. The molecule has 1 fully saturated rings. The van der Waals surface area contributed by atoms with Crippen molar-refractivity contribution >= 4 is 0 Å². The maximum Gasteiger partial charge on any atom is 0.0931 e.